The van der Waals surface area contributed by atoms with Crippen molar-refractivity contribution in [1.29, 1.82) is 0 Å². The van der Waals surface area contributed by atoms with Crippen LogP contribution in [0.2, 0.25) is 39.3 Å². The molecule has 0 amide bonds. The third-order valence-electron chi connectivity index (χ3n) is 18.2. The summed E-state index contributed by atoms with van der Waals surface area (Å²) in [6, 6.07) is 66.1. The first-order chi connectivity index (χ1) is 35.5. The second-order valence-electron chi connectivity index (χ2n) is 26.3. The number of anilines is 6. The molecular weight excluding hydrogens is 957 g/mol. The fourth-order valence-electron chi connectivity index (χ4n) is 13.8. The summed E-state index contributed by atoms with van der Waals surface area (Å²) in [7, 11) is -3.02. The monoisotopic (exact) mass is 1030 g/mol. The van der Waals surface area contributed by atoms with Gasteiger partial charge in [0, 0.05) is 65.5 Å². The molecule has 374 valence electrons. The highest BCUT2D eigenvalue weighted by atomic mass is 32.1. The van der Waals surface area contributed by atoms with Crippen molar-refractivity contribution in [2.75, 3.05) is 9.80 Å². The zero-order chi connectivity index (χ0) is 52.5. The first-order valence-electron chi connectivity index (χ1n) is 27.2. The molecule has 0 unspecified atom stereocenters. The third kappa shape index (κ3) is 6.99. The van der Waals surface area contributed by atoms with Gasteiger partial charge in [-0.2, -0.15) is 0 Å². The van der Waals surface area contributed by atoms with Crippen molar-refractivity contribution in [3.05, 3.63) is 214 Å². The molecule has 0 saturated heterocycles. The minimum atomic E-state index is -1.51. The second-order valence-corrected chi connectivity index (χ2v) is 37.5. The van der Waals surface area contributed by atoms with Gasteiger partial charge in [-0.15, -0.1) is 11.3 Å². The van der Waals surface area contributed by atoms with Crippen molar-refractivity contribution in [3.63, 3.8) is 0 Å². The van der Waals surface area contributed by atoms with E-state index in [0.29, 0.717) is 0 Å². The molecule has 0 saturated carbocycles. The summed E-state index contributed by atoms with van der Waals surface area (Å²) in [5.74, 6) is 0. The molecule has 75 heavy (non-hydrogen) atoms. The van der Waals surface area contributed by atoms with Gasteiger partial charge in [0.1, 0.15) is 0 Å². The number of hydrogen-bond acceptors (Lipinski definition) is 3. The van der Waals surface area contributed by atoms with E-state index in [9.17, 15) is 0 Å². The second kappa shape index (κ2) is 16.0. The highest BCUT2D eigenvalue weighted by molar-refractivity contribution is 7.19. The molecule has 1 aromatic heterocycles. The van der Waals surface area contributed by atoms with E-state index in [1.54, 1.807) is 0 Å². The Kier molecular flexibility index (Phi) is 10.3. The predicted molar refractivity (Wildman–Crippen MR) is 330 cm³/mol. The van der Waals surface area contributed by atoms with E-state index in [1.807, 2.05) is 11.3 Å². The molecule has 0 N–H and O–H groups in total. The van der Waals surface area contributed by atoms with E-state index < -0.39 is 16.1 Å². The van der Waals surface area contributed by atoms with Gasteiger partial charge >= 0.3 is 0 Å². The van der Waals surface area contributed by atoms with Crippen LogP contribution < -0.4 is 20.2 Å². The highest BCUT2D eigenvalue weighted by Gasteiger charge is 2.49. The molecule has 4 aliphatic carbocycles. The van der Waals surface area contributed by atoms with Gasteiger partial charge in [0.05, 0.1) is 16.1 Å². The molecule has 9 aromatic rings. The molecule has 8 aromatic carbocycles. The summed E-state index contributed by atoms with van der Waals surface area (Å²) < 4.78 is 0. The lowest BCUT2D eigenvalue weighted by Crippen LogP contribution is -2.37. The molecule has 0 atom stereocenters. The largest absolute Gasteiger partial charge is 0.310 e. The lowest BCUT2D eigenvalue weighted by atomic mass is 9.74. The van der Waals surface area contributed by atoms with Gasteiger partial charge in [-0.3, -0.25) is 0 Å². The minimum absolute atomic E-state index is 0.0989. The highest BCUT2D eigenvalue weighted by Crippen LogP contribution is 2.65. The Morgan fingerprint density at radius 2 is 0.573 bits per heavy atom. The Balaban J connectivity index is 0.903. The molecule has 0 radical (unpaired) electrons. The normalized spacial score (nSPS) is 16.3. The van der Waals surface area contributed by atoms with Crippen LogP contribution in [0.3, 0.4) is 0 Å². The number of benzene rings is 8. The van der Waals surface area contributed by atoms with Crippen LogP contribution in [0.5, 0.6) is 0 Å². The molecule has 1 heterocycles. The fraction of sp³-hybridized carbons (Fsp3) is 0.257. The zero-order valence-corrected chi connectivity index (χ0v) is 49.3. The van der Waals surface area contributed by atoms with Gasteiger partial charge in [0.2, 0.25) is 0 Å². The minimum Gasteiger partial charge on any atom is -0.310 e. The van der Waals surface area contributed by atoms with Crippen LogP contribution >= 0.6 is 11.3 Å². The molecule has 5 heteroatoms. The van der Waals surface area contributed by atoms with Crippen molar-refractivity contribution in [2.24, 2.45) is 0 Å². The number of rotatable bonds is 8. The Morgan fingerprint density at radius 3 is 0.907 bits per heavy atom. The van der Waals surface area contributed by atoms with Crippen LogP contribution in [0.25, 0.3) is 43.1 Å². The molecule has 0 bridgehead atoms. The van der Waals surface area contributed by atoms with Gasteiger partial charge in [-0.25, -0.2) is 0 Å². The first kappa shape index (κ1) is 48.2. The summed E-state index contributed by atoms with van der Waals surface area (Å²) in [6.07, 6.45) is 0. The van der Waals surface area contributed by atoms with Crippen LogP contribution in [0.4, 0.5) is 34.1 Å². The van der Waals surface area contributed by atoms with E-state index in [1.165, 1.54) is 132 Å². The number of fused-ring (bicyclic) bond motifs is 13. The molecule has 0 aliphatic heterocycles. The maximum Gasteiger partial charge on any atom is 0.0775 e. The van der Waals surface area contributed by atoms with Crippen molar-refractivity contribution < 1.29 is 0 Å². The summed E-state index contributed by atoms with van der Waals surface area (Å²) in [5.41, 5.74) is 26.1. The molecule has 0 fully saturated rings. The van der Waals surface area contributed by atoms with Crippen LogP contribution in [0, 0.1) is 0 Å². The average Bonchev–Trinajstić information content (AvgIpc) is 4.11. The standard InChI is InChI=1S/C70H70N2SSi2/c1-67(2)57-21-17-15-19-51(57)53-35-27-45(39-59(53)67)71(43-23-31-49(32-24-43)74(9,10)11)47-29-37-55-61(41-47)69(5,6)63-64-66(73-65(55)63)56-38-30-48(42-62(56)70(64,7)8)72(44-25-33-50(34-26-44)75(12,13)14)46-28-36-54-52-20-16-18-22-58(52)68(3,4)60(54)40-46/h15-42H,1-14H3. The first-order valence-corrected chi connectivity index (χ1v) is 35.1. The average molecular weight is 1030 g/mol. The zero-order valence-electron chi connectivity index (χ0n) is 46.5. The molecule has 0 spiro atoms. The smallest absolute Gasteiger partial charge is 0.0775 e. The van der Waals surface area contributed by atoms with Crippen LogP contribution in [0.15, 0.2) is 170 Å². The summed E-state index contributed by atoms with van der Waals surface area (Å²) >= 11 is 2.02. The lowest BCUT2D eigenvalue weighted by molar-refractivity contribution is 0.603. The number of hydrogen-bond donors (Lipinski definition) is 0. The Labute approximate surface area is 452 Å². The van der Waals surface area contributed by atoms with Crippen molar-refractivity contribution in [3.8, 4) is 43.1 Å². The SMILES string of the molecule is CC1(C)c2ccccc2-c2ccc(N(c3ccc([Si](C)(C)C)cc3)c3ccc4c(c3)C(C)(C)c3c-4sc4c3C(C)(C)c3cc(N(c5ccc([Si](C)(C)C)cc5)c5ccc6c(c5)C(C)(C)c5ccccc5-6)ccc3-4)cc21. The fourth-order valence-corrected chi connectivity index (χ4v) is 17.9. The summed E-state index contributed by atoms with van der Waals surface area (Å²) in [4.78, 5) is 7.91. The maximum absolute atomic E-state index is 2.53. The van der Waals surface area contributed by atoms with E-state index in [-0.39, 0.29) is 21.7 Å². The topological polar surface area (TPSA) is 6.48 Å². The van der Waals surface area contributed by atoms with Gasteiger partial charge in [0.25, 0.3) is 0 Å². The van der Waals surface area contributed by atoms with Gasteiger partial charge < -0.3 is 9.80 Å². The van der Waals surface area contributed by atoms with E-state index in [2.05, 4.69) is 274 Å². The third-order valence-corrected chi connectivity index (χ3v) is 23.5. The van der Waals surface area contributed by atoms with Crippen LogP contribution in [-0.4, -0.2) is 16.1 Å². The maximum atomic E-state index is 2.53. The molecular formula is C70H70N2SSi2. The van der Waals surface area contributed by atoms with Crippen LogP contribution in [0.1, 0.15) is 99.9 Å². The van der Waals surface area contributed by atoms with Gasteiger partial charge in [-0.05, 0) is 151 Å². The Hall–Kier alpha value is -6.51. The van der Waals surface area contributed by atoms with Crippen molar-refractivity contribution >= 4 is 72.0 Å². The van der Waals surface area contributed by atoms with Gasteiger partial charge in [-0.1, -0.05) is 202 Å². The summed E-state index contributed by atoms with van der Waals surface area (Å²) in [6.45, 7) is 34.1. The molecule has 2 nitrogen and oxygen atoms in total. The molecule has 4 aliphatic rings. The number of nitrogens with zero attached hydrogens (tertiary/aromatic N) is 2. The number of thiophene rings is 1. The Bertz CT molecular complexity index is 3600. The van der Waals surface area contributed by atoms with Crippen molar-refractivity contribution in [2.45, 2.75) is 116 Å². The quantitative estimate of drug-likeness (QED) is 0.140. The van der Waals surface area contributed by atoms with E-state index in [0.717, 1.165) is 0 Å². The van der Waals surface area contributed by atoms with E-state index in [4.69, 9.17) is 0 Å². The van der Waals surface area contributed by atoms with Crippen molar-refractivity contribution in [1.82, 2.24) is 0 Å². The lowest BCUT2D eigenvalue weighted by Gasteiger charge is -2.32. The Morgan fingerprint density at radius 1 is 0.293 bits per heavy atom. The van der Waals surface area contributed by atoms with Gasteiger partial charge in [0.15, 0.2) is 0 Å². The molecule has 13 rings (SSSR count). The summed E-state index contributed by atoms with van der Waals surface area (Å²) in [5, 5.41) is 2.95. The van der Waals surface area contributed by atoms with E-state index >= 15 is 0 Å². The predicted octanol–water partition coefficient (Wildman–Crippen LogP) is 19.0. The van der Waals surface area contributed by atoms with Crippen LogP contribution in [-0.2, 0) is 21.7 Å².